The van der Waals surface area contributed by atoms with Crippen LogP contribution in [0.3, 0.4) is 0 Å². The number of unbranched alkanes of at least 4 members (excludes halogenated alkanes) is 3. The van der Waals surface area contributed by atoms with Gasteiger partial charge in [0.1, 0.15) is 5.82 Å². The second kappa shape index (κ2) is 6.94. The lowest BCUT2D eigenvalue weighted by Gasteiger charge is -2.09. The summed E-state index contributed by atoms with van der Waals surface area (Å²) in [6.45, 7) is 5.50. The number of nitrogens with zero attached hydrogens (tertiary/aromatic N) is 2. The third-order valence-corrected chi connectivity index (χ3v) is 2.89. The van der Waals surface area contributed by atoms with E-state index in [0.29, 0.717) is 5.92 Å². The summed E-state index contributed by atoms with van der Waals surface area (Å²) in [6.07, 6.45) is 9.09. The maximum absolute atomic E-state index is 4.38. The molecule has 0 radical (unpaired) electrons. The molecule has 1 aromatic heterocycles. The Hall–Kier alpha value is -0.440. The molecule has 0 saturated heterocycles. The van der Waals surface area contributed by atoms with E-state index in [1.807, 2.05) is 6.20 Å². The third-order valence-electron chi connectivity index (χ3n) is 2.57. The van der Waals surface area contributed by atoms with Crippen LogP contribution in [-0.2, 0) is 6.54 Å². The van der Waals surface area contributed by atoms with Crippen LogP contribution in [0.25, 0.3) is 0 Å². The molecular formula is C12H22N2S. The summed E-state index contributed by atoms with van der Waals surface area (Å²) >= 11 is 4.21. The summed E-state index contributed by atoms with van der Waals surface area (Å²) in [6, 6.07) is 0. The zero-order valence-corrected chi connectivity index (χ0v) is 10.7. The van der Waals surface area contributed by atoms with Gasteiger partial charge in [-0.3, -0.25) is 0 Å². The summed E-state index contributed by atoms with van der Waals surface area (Å²) in [5.41, 5.74) is 0. The van der Waals surface area contributed by atoms with Gasteiger partial charge in [-0.1, -0.05) is 26.7 Å². The van der Waals surface area contributed by atoms with E-state index in [0.717, 1.165) is 12.3 Å². The van der Waals surface area contributed by atoms with Crippen molar-refractivity contribution >= 4 is 12.6 Å². The van der Waals surface area contributed by atoms with Crippen LogP contribution in [0.4, 0.5) is 0 Å². The molecule has 0 fully saturated rings. The molecule has 1 heterocycles. The topological polar surface area (TPSA) is 17.8 Å². The molecule has 0 spiro atoms. The van der Waals surface area contributed by atoms with Gasteiger partial charge in [-0.15, -0.1) is 0 Å². The van der Waals surface area contributed by atoms with Crippen molar-refractivity contribution in [2.75, 3.05) is 5.75 Å². The van der Waals surface area contributed by atoms with Crippen LogP contribution in [-0.4, -0.2) is 15.3 Å². The molecule has 0 unspecified atom stereocenters. The first-order valence-electron chi connectivity index (χ1n) is 5.87. The molecule has 0 saturated carbocycles. The summed E-state index contributed by atoms with van der Waals surface area (Å²) in [7, 11) is 0. The SMILES string of the molecule is CC(C)c1nccn1CCCCCCS. The fourth-order valence-electron chi connectivity index (χ4n) is 1.76. The fraction of sp³-hybridized carbons (Fsp3) is 0.750. The van der Waals surface area contributed by atoms with Gasteiger partial charge in [0.15, 0.2) is 0 Å². The van der Waals surface area contributed by atoms with E-state index >= 15 is 0 Å². The summed E-state index contributed by atoms with van der Waals surface area (Å²) in [5, 5.41) is 0. The number of hydrogen-bond donors (Lipinski definition) is 1. The van der Waals surface area contributed by atoms with Crippen LogP contribution in [0.15, 0.2) is 12.4 Å². The lowest BCUT2D eigenvalue weighted by Crippen LogP contribution is -2.04. The number of aromatic nitrogens is 2. The van der Waals surface area contributed by atoms with Crippen molar-refractivity contribution in [1.82, 2.24) is 9.55 Å². The number of aryl methyl sites for hydroxylation is 1. The molecule has 0 aliphatic carbocycles. The van der Waals surface area contributed by atoms with Crippen molar-refractivity contribution in [3.8, 4) is 0 Å². The molecule has 1 aromatic rings. The van der Waals surface area contributed by atoms with E-state index < -0.39 is 0 Å². The minimum Gasteiger partial charge on any atom is -0.335 e. The highest BCUT2D eigenvalue weighted by molar-refractivity contribution is 7.80. The van der Waals surface area contributed by atoms with E-state index in [4.69, 9.17) is 0 Å². The van der Waals surface area contributed by atoms with Crippen LogP contribution in [0.2, 0.25) is 0 Å². The molecule has 0 aromatic carbocycles. The molecule has 0 bridgehead atoms. The van der Waals surface area contributed by atoms with E-state index in [9.17, 15) is 0 Å². The van der Waals surface area contributed by atoms with Crippen LogP contribution >= 0.6 is 12.6 Å². The smallest absolute Gasteiger partial charge is 0.111 e. The minimum absolute atomic E-state index is 0.525. The lowest BCUT2D eigenvalue weighted by atomic mass is 10.2. The Morgan fingerprint density at radius 3 is 2.67 bits per heavy atom. The Kier molecular flexibility index (Phi) is 5.84. The Bertz CT molecular complexity index is 268. The van der Waals surface area contributed by atoms with Gasteiger partial charge in [0.05, 0.1) is 0 Å². The van der Waals surface area contributed by atoms with Crippen molar-refractivity contribution in [1.29, 1.82) is 0 Å². The van der Waals surface area contributed by atoms with Gasteiger partial charge in [0.2, 0.25) is 0 Å². The van der Waals surface area contributed by atoms with Crippen LogP contribution in [0, 0.1) is 0 Å². The van der Waals surface area contributed by atoms with Crippen LogP contribution < -0.4 is 0 Å². The minimum atomic E-state index is 0.525. The number of rotatable bonds is 7. The third kappa shape index (κ3) is 4.29. The summed E-state index contributed by atoms with van der Waals surface area (Å²) in [5.74, 6) is 2.75. The molecule has 0 aliphatic rings. The van der Waals surface area contributed by atoms with Crippen molar-refractivity contribution in [3.63, 3.8) is 0 Å². The zero-order chi connectivity index (χ0) is 11.1. The fourth-order valence-corrected chi connectivity index (χ4v) is 1.98. The van der Waals surface area contributed by atoms with Gasteiger partial charge < -0.3 is 4.57 Å². The molecular weight excluding hydrogens is 204 g/mol. The van der Waals surface area contributed by atoms with Gasteiger partial charge in [-0.05, 0) is 18.6 Å². The van der Waals surface area contributed by atoms with Gasteiger partial charge in [0, 0.05) is 24.9 Å². The zero-order valence-electron chi connectivity index (χ0n) is 9.82. The van der Waals surface area contributed by atoms with Crippen LogP contribution in [0.5, 0.6) is 0 Å². The highest BCUT2D eigenvalue weighted by Gasteiger charge is 2.05. The van der Waals surface area contributed by atoms with Crippen molar-refractivity contribution < 1.29 is 0 Å². The Balaban J connectivity index is 2.28. The molecule has 1 rings (SSSR count). The molecule has 15 heavy (non-hydrogen) atoms. The average Bonchev–Trinajstić information content (AvgIpc) is 2.66. The van der Waals surface area contributed by atoms with Crippen LogP contribution in [0.1, 0.15) is 51.3 Å². The van der Waals surface area contributed by atoms with Crippen molar-refractivity contribution in [2.45, 2.75) is 52.0 Å². The second-order valence-electron chi connectivity index (χ2n) is 4.27. The number of imidazole rings is 1. The molecule has 0 aliphatic heterocycles. The summed E-state index contributed by atoms with van der Waals surface area (Å²) < 4.78 is 2.28. The molecule has 0 atom stereocenters. The van der Waals surface area contributed by atoms with E-state index in [-0.39, 0.29) is 0 Å². The van der Waals surface area contributed by atoms with Crippen molar-refractivity contribution in [3.05, 3.63) is 18.2 Å². The highest BCUT2D eigenvalue weighted by Crippen LogP contribution is 2.13. The predicted molar refractivity (Wildman–Crippen MR) is 68.6 cm³/mol. The number of thiol groups is 1. The molecule has 0 N–H and O–H groups in total. The van der Waals surface area contributed by atoms with E-state index in [1.54, 1.807) is 0 Å². The molecule has 0 amide bonds. The van der Waals surface area contributed by atoms with E-state index in [1.165, 1.54) is 31.5 Å². The Morgan fingerprint density at radius 2 is 2.00 bits per heavy atom. The quantitative estimate of drug-likeness (QED) is 0.556. The van der Waals surface area contributed by atoms with Gasteiger partial charge in [-0.25, -0.2) is 4.98 Å². The molecule has 86 valence electrons. The monoisotopic (exact) mass is 226 g/mol. The highest BCUT2D eigenvalue weighted by atomic mass is 32.1. The Morgan fingerprint density at radius 1 is 1.27 bits per heavy atom. The first kappa shape index (κ1) is 12.6. The maximum Gasteiger partial charge on any atom is 0.111 e. The maximum atomic E-state index is 4.38. The largest absolute Gasteiger partial charge is 0.335 e. The Labute approximate surface area is 98.5 Å². The van der Waals surface area contributed by atoms with E-state index in [2.05, 4.69) is 42.2 Å². The second-order valence-corrected chi connectivity index (χ2v) is 4.72. The number of hydrogen-bond acceptors (Lipinski definition) is 2. The predicted octanol–water partition coefficient (Wildman–Crippen LogP) is 3.50. The standard InChI is InChI=1S/C12H22N2S/c1-11(2)12-13-7-9-14(12)8-5-3-4-6-10-15/h7,9,11,15H,3-6,8,10H2,1-2H3. The lowest BCUT2D eigenvalue weighted by molar-refractivity contribution is 0.554. The normalized spacial score (nSPS) is 11.2. The summed E-state index contributed by atoms with van der Waals surface area (Å²) in [4.78, 5) is 4.38. The van der Waals surface area contributed by atoms with Gasteiger partial charge in [-0.2, -0.15) is 12.6 Å². The van der Waals surface area contributed by atoms with Gasteiger partial charge in [0.25, 0.3) is 0 Å². The first-order chi connectivity index (χ1) is 7.25. The molecule has 2 nitrogen and oxygen atoms in total. The van der Waals surface area contributed by atoms with Crippen molar-refractivity contribution in [2.24, 2.45) is 0 Å². The molecule has 3 heteroatoms. The van der Waals surface area contributed by atoms with Gasteiger partial charge >= 0.3 is 0 Å². The first-order valence-corrected chi connectivity index (χ1v) is 6.51. The average molecular weight is 226 g/mol.